The first-order valence-electron chi connectivity index (χ1n) is 11.5. The van der Waals surface area contributed by atoms with Crippen LogP contribution in [0, 0.1) is 16.0 Å². The zero-order valence-electron chi connectivity index (χ0n) is 20.5. The van der Waals surface area contributed by atoms with Crippen molar-refractivity contribution in [3.63, 3.8) is 0 Å². The number of carboxylic acids is 1. The Morgan fingerprint density at radius 1 is 1.17 bits per heavy atom. The molecule has 2 aromatic carbocycles. The van der Waals surface area contributed by atoms with Crippen molar-refractivity contribution in [2.45, 2.75) is 38.1 Å². The van der Waals surface area contributed by atoms with E-state index in [-0.39, 0.29) is 23.7 Å². The molecule has 0 aromatic heterocycles. The highest BCUT2D eigenvalue weighted by atomic mass is 35.5. The second-order valence-corrected chi connectivity index (χ2v) is 8.95. The van der Waals surface area contributed by atoms with E-state index in [0.717, 1.165) is 13.0 Å². The predicted octanol–water partition coefficient (Wildman–Crippen LogP) is 3.83. The van der Waals surface area contributed by atoms with E-state index in [1.807, 2.05) is 25.1 Å². The van der Waals surface area contributed by atoms with Gasteiger partial charge in [0.1, 0.15) is 0 Å². The number of nitro benzene ring substituents is 1. The summed E-state index contributed by atoms with van der Waals surface area (Å²) in [4.78, 5) is 36.2. The van der Waals surface area contributed by atoms with E-state index in [0.29, 0.717) is 24.2 Å². The molecular weight excluding hydrogens is 486 g/mol. The van der Waals surface area contributed by atoms with Crippen LogP contribution in [0.5, 0.6) is 0 Å². The molecule has 0 spiro atoms. The number of non-ortho nitro benzene ring substituents is 1. The van der Waals surface area contributed by atoms with Gasteiger partial charge >= 0.3 is 11.9 Å². The summed E-state index contributed by atoms with van der Waals surface area (Å²) in [5, 5.41) is 28.3. The molecule has 0 radical (unpaired) electrons. The number of hydrogen-bond acceptors (Lipinski definition) is 7. The molecule has 194 valence electrons. The molecule has 0 aliphatic carbocycles. The number of nitrogens with one attached hydrogen (secondary N) is 2. The molecule has 0 saturated heterocycles. The summed E-state index contributed by atoms with van der Waals surface area (Å²) in [5.41, 5.74) is 1.15. The van der Waals surface area contributed by atoms with Crippen LogP contribution >= 0.6 is 12.4 Å². The molecule has 1 heterocycles. The van der Waals surface area contributed by atoms with Gasteiger partial charge in [0.15, 0.2) is 0 Å². The van der Waals surface area contributed by atoms with E-state index in [2.05, 4.69) is 22.8 Å². The van der Waals surface area contributed by atoms with Crippen LogP contribution in [0.15, 0.2) is 65.9 Å². The molecule has 1 aliphatic heterocycles. The number of carbonyl (C=O) groups is 2. The van der Waals surface area contributed by atoms with E-state index in [1.54, 1.807) is 13.0 Å². The number of rotatable bonds is 10. The molecule has 3 rings (SSSR count). The zero-order chi connectivity index (χ0) is 25.6. The number of ether oxygens (including phenoxy) is 1. The Morgan fingerprint density at radius 2 is 1.86 bits per heavy atom. The number of hydrogen-bond donors (Lipinski definition) is 3. The van der Waals surface area contributed by atoms with Crippen molar-refractivity contribution in [1.82, 2.24) is 10.6 Å². The van der Waals surface area contributed by atoms with E-state index in [9.17, 15) is 24.8 Å². The van der Waals surface area contributed by atoms with Crippen LogP contribution in [0.1, 0.15) is 37.3 Å². The number of nitrogens with zero attached hydrogens (tertiary/aromatic N) is 1. The minimum atomic E-state index is -1.10. The lowest BCUT2D eigenvalue weighted by molar-refractivity contribution is -0.384. The van der Waals surface area contributed by atoms with E-state index in [1.165, 1.54) is 30.9 Å². The first-order chi connectivity index (χ1) is 16.7. The standard InChI is InChI=1S/C26H31N3O6.ClH/c1-17-21(25(32)35-3)22(19-10-7-11-20(16-19)29(33)34)23(24(30)31)26(2,28-17)13-15-27-14-12-18-8-5-4-6-9-18;/h4-11,16,22-23,27-28H,12-15H2,1-3H3,(H,30,31);1H. The molecule has 10 heteroatoms. The van der Waals surface area contributed by atoms with Crippen LogP contribution < -0.4 is 10.6 Å². The molecule has 0 fully saturated rings. The normalized spacial score (nSPS) is 21.2. The van der Waals surface area contributed by atoms with Gasteiger partial charge in [-0.1, -0.05) is 42.5 Å². The van der Waals surface area contributed by atoms with Crippen molar-refractivity contribution >= 4 is 30.0 Å². The molecule has 2 aromatic rings. The average Bonchev–Trinajstić information content (AvgIpc) is 2.83. The van der Waals surface area contributed by atoms with Gasteiger partial charge in [-0.3, -0.25) is 14.9 Å². The lowest BCUT2D eigenvalue weighted by atomic mass is 9.66. The highest BCUT2D eigenvalue weighted by molar-refractivity contribution is 5.93. The summed E-state index contributed by atoms with van der Waals surface area (Å²) in [7, 11) is 1.23. The van der Waals surface area contributed by atoms with Crippen molar-refractivity contribution in [3.8, 4) is 0 Å². The molecule has 0 amide bonds. The van der Waals surface area contributed by atoms with Crippen molar-refractivity contribution < 1.29 is 24.4 Å². The minimum Gasteiger partial charge on any atom is -0.481 e. The molecule has 3 unspecified atom stereocenters. The van der Waals surface area contributed by atoms with Crippen LogP contribution in [0.25, 0.3) is 0 Å². The Hall–Kier alpha value is -3.43. The summed E-state index contributed by atoms with van der Waals surface area (Å²) < 4.78 is 4.96. The zero-order valence-corrected chi connectivity index (χ0v) is 21.3. The lowest BCUT2D eigenvalue weighted by Crippen LogP contribution is -2.58. The van der Waals surface area contributed by atoms with E-state index < -0.39 is 34.2 Å². The van der Waals surface area contributed by atoms with Gasteiger partial charge in [0.05, 0.1) is 23.5 Å². The summed E-state index contributed by atoms with van der Waals surface area (Å²) in [6.07, 6.45) is 1.30. The molecule has 3 N–H and O–H groups in total. The molecule has 9 nitrogen and oxygen atoms in total. The van der Waals surface area contributed by atoms with Gasteiger partial charge in [0.25, 0.3) is 5.69 Å². The molecule has 0 saturated carbocycles. The number of aliphatic carboxylic acids is 1. The Kier molecular flexibility index (Phi) is 10.0. The van der Waals surface area contributed by atoms with Crippen molar-refractivity contribution in [3.05, 3.63) is 87.1 Å². The second-order valence-electron chi connectivity index (χ2n) is 8.95. The maximum absolute atomic E-state index is 12.7. The highest BCUT2D eigenvalue weighted by Crippen LogP contribution is 2.45. The third-order valence-electron chi connectivity index (χ3n) is 6.57. The number of nitro groups is 1. The summed E-state index contributed by atoms with van der Waals surface area (Å²) in [5.74, 6) is -3.76. The van der Waals surface area contributed by atoms with Gasteiger partial charge < -0.3 is 20.5 Å². The Morgan fingerprint density at radius 3 is 2.47 bits per heavy atom. The number of allylic oxidation sites excluding steroid dienone is 1. The smallest absolute Gasteiger partial charge is 0.336 e. The largest absolute Gasteiger partial charge is 0.481 e. The first kappa shape index (κ1) is 28.8. The molecule has 3 atom stereocenters. The highest BCUT2D eigenvalue weighted by Gasteiger charge is 2.51. The summed E-state index contributed by atoms with van der Waals surface area (Å²) in [6, 6.07) is 15.8. The van der Waals surface area contributed by atoms with Crippen molar-refractivity contribution in [2.75, 3.05) is 20.2 Å². The maximum atomic E-state index is 12.7. The van der Waals surface area contributed by atoms with Gasteiger partial charge in [-0.25, -0.2) is 4.79 Å². The fraction of sp³-hybridized carbons (Fsp3) is 0.385. The van der Waals surface area contributed by atoms with Crippen LogP contribution in [0.4, 0.5) is 5.69 Å². The molecule has 1 aliphatic rings. The number of benzene rings is 2. The Balaban J connectivity index is 0.00000456. The molecule has 0 bridgehead atoms. The van der Waals surface area contributed by atoms with Gasteiger partial charge in [-0.15, -0.1) is 12.4 Å². The topological polar surface area (TPSA) is 131 Å². The van der Waals surface area contributed by atoms with Gasteiger partial charge in [0.2, 0.25) is 0 Å². The lowest BCUT2D eigenvalue weighted by Gasteiger charge is -2.46. The number of halogens is 1. The monoisotopic (exact) mass is 517 g/mol. The van der Waals surface area contributed by atoms with Crippen LogP contribution in [-0.4, -0.2) is 47.7 Å². The van der Waals surface area contributed by atoms with Crippen molar-refractivity contribution in [1.29, 1.82) is 0 Å². The quantitative estimate of drug-likeness (QED) is 0.187. The average molecular weight is 518 g/mol. The van der Waals surface area contributed by atoms with Crippen LogP contribution in [0.3, 0.4) is 0 Å². The predicted molar refractivity (Wildman–Crippen MR) is 138 cm³/mol. The van der Waals surface area contributed by atoms with Crippen LogP contribution in [-0.2, 0) is 20.7 Å². The third-order valence-corrected chi connectivity index (χ3v) is 6.57. The maximum Gasteiger partial charge on any atom is 0.336 e. The van der Waals surface area contributed by atoms with Crippen molar-refractivity contribution in [2.24, 2.45) is 5.92 Å². The van der Waals surface area contributed by atoms with Gasteiger partial charge in [-0.2, -0.15) is 0 Å². The summed E-state index contributed by atoms with van der Waals surface area (Å²) >= 11 is 0. The summed E-state index contributed by atoms with van der Waals surface area (Å²) in [6.45, 7) is 4.79. The van der Waals surface area contributed by atoms with Crippen LogP contribution in [0.2, 0.25) is 0 Å². The number of methoxy groups -OCH3 is 1. The Labute approximate surface area is 216 Å². The number of carbonyl (C=O) groups excluding carboxylic acids is 1. The minimum absolute atomic E-state index is 0. The number of carboxylic acid groups (broad SMARTS) is 1. The SMILES string of the molecule is COC(=O)C1=C(C)NC(C)(CCNCCc2ccccc2)C(C(=O)O)C1c1cccc([N+](=O)[O-])c1.Cl. The first-order valence-corrected chi connectivity index (χ1v) is 11.5. The molecule has 36 heavy (non-hydrogen) atoms. The van der Waals surface area contributed by atoms with E-state index >= 15 is 0 Å². The number of esters is 1. The van der Waals surface area contributed by atoms with E-state index in [4.69, 9.17) is 4.74 Å². The third kappa shape index (κ3) is 6.41. The molecular formula is C26H32ClN3O6. The second kappa shape index (κ2) is 12.5. The fourth-order valence-electron chi connectivity index (χ4n) is 4.91. The van der Waals surface area contributed by atoms with Gasteiger partial charge in [-0.05, 0) is 50.9 Å². The fourth-order valence-corrected chi connectivity index (χ4v) is 4.91. The van der Waals surface area contributed by atoms with Gasteiger partial charge in [0, 0.05) is 29.3 Å². The Bertz CT molecular complexity index is 1120.